The fourth-order valence-electron chi connectivity index (χ4n) is 1.99. The maximum atomic E-state index is 11.8. The van der Waals surface area contributed by atoms with Gasteiger partial charge in [-0.1, -0.05) is 6.08 Å². The molecule has 5 nitrogen and oxygen atoms in total. The molecule has 0 radical (unpaired) electrons. The summed E-state index contributed by atoms with van der Waals surface area (Å²) in [5.74, 6) is -1.20. The van der Waals surface area contributed by atoms with Crippen molar-refractivity contribution in [1.29, 1.82) is 0 Å². The van der Waals surface area contributed by atoms with Gasteiger partial charge in [0, 0.05) is 6.04 Å². The molecule has 102 valence electrons. The van der Waals surface area contributed by atoms with Gasteiger partial charge in [0.2, 0.25) is 5.91 Å². The molecule has 0 aromatic carbocycles. The van der Waals surface area contributed by atoms with E-state index >= 15 is 0 Å². The van der Waals surface area contributed by atoms with E-state index in [-0.39, 0.29) is 11.9 Å². The lowest BCUT2D eigenvalue weighted by molar-refractivity contribution is -0.151. The molecule has 1 aliphatic heterocycles. The predicted octanol–water partition coefficient (Wildman–Crippen LogP) is 1.48. The third kappa shape index (κ3) is 4.49. The van der Waals surface area contributed by atoms with Crippen molar-refractivity contribution in [3.63, 3.8) is 0 Å². The Morgan fingerprint density at radius 1 is 1.50 bits per heavy atom. The van der Waals surface area contributed by atoms with E-state index in [0.29, 0.717) is 12.8 Å². The number of carbonyl (C=O) groups excluding carboxylic acids is 1. The van der Waals surface area contributed by atoms with E-state index in [0.717, 1.165) is 19.3 Å². The molecule has 0 aliphatic carbocycles. The van der Waals surface area contributed by atoms with Crippen molar-refractivity contribution in [3.8, 4) is 0 Å². The van der Waals surface area contributed by atoms with Gasteiger partial charge in [-0.25, -0.2) is 4.79 Å². The zero-order chi connectivity index (χ0) is 13.5. The minimum atomic E-state index is -0.996. The summed E-state index contributed by atoms with van der Waals surface area (Å²) in [6.45, 7) is 5.58. The molecular formula is C13H21NO4. The van der Waals surface area contributed by atoms with Crippen LogP contribution in [0.1, 0.15) is 39.0 Å². The molecule has 1 fully saturated rings. The largest absolute Gasteiger partial charge is 0.479 e. The van der Waals surface area contributed by atoms with Gasteiger partial charge < -0.3 is 15.2 Å². The fourth-order valence-corrected chi connectivity index (χ4v) is 1.99. The van der Waals surface area contributed by atoms with Gasteiger partial charge >= 0.3 is 5.97 Å². The van der Waals surface area contributed by atoms with Crippen LogP contribution in [0.3, 0.4) is 0 Å². The highest BCUT2D eigenvalue weighted by Crippen LogP contribution is 2.20. The molecule has 0 saturated carbocycles. The average Bonchev–Trinajstić information content (AvgIpc) is 2.78. The number of allylic oxidation sites excluding steroid dienone is 1. The van der Waals surface area contributed by atoms with Gasteiger partial charge in [-0.3, -0.25) is 4.79 Å². The van der Waals surface area contributed by atoms with Crippen molar-refractivity contribution in [3.05, 3.63) is 12.7 Å². The average molecular weight is 255 g/mol. The Balaban J connectivity index is 2.28. The standard InChI is InChI=1S/C13H21NO4/c1-3-4-5-6-9(2)14-12(15)10-7-8-11(18-10)13(16)17/h3,9-11H,1,4-8H2,2H3,(H,14,15)(H,16,17)/t9?,10-,11+/m0/s1. The van der Waals surface area contributed by atoms with Crippen LogP contribution in [-0.4, -0.2) is 35.2 Å². The number of ether oxygens (including phenoxy) is 1. The Labute approximate surface area is 107 Å². The molecular weight excluding hydrogens is 234 g/mol. The van der Waals surface area contributed by atoms with Crippen molar-refractivity contribution in [2.45, 2.75) is 57.3 Å². The van der Waals surface area contributed by atoms with Crippen LogP contribution >= 0.6 is 0 Å². The fraction of sp³-hybridized carbons (Fsp3) is 0.692. The van der Waals surface area contributed by atoms with E-state index < -0.39 is 18.2 Å². The first-order valence-corrected chi connectivity index (χ1v) is 6.34. The van der Waals surface area contributed by atoms with Gasteiger partial charge in [0.05, 0.1) is 0 Å². The summed E-state index contributed by atoms with van der Waals surface area (Å²) in [5, 5.41) is 11.6. The van der Waals surface area contributed by atoms with Crippen LogP contribution in [0, 0.1) is 0 Å². The molecule has 1 amide bonds. The topological polar surface area (TPSA) is 75.6 Å². The van der Waals surface area contributed by atoms with Crippen molar-refractivity contribution in [1.82, 2.24) is 5.32 Å². The zero-order valence-corrected chi connectivity index (χ0v) is 10.7. The van der Waals surface area contributed by atoms with Crippen LogP contribution < -0.4 is 5.32 Å². The Hall–Kier alpha value is -1.36. The van der Waals surface area contributed by atoms with E-state index in [1.165, 1.54) is 0 Å². The number of carbonyl (C=O) groups is 2. The Morgan fingerprint density at radius 3 is 2.72 bits per heavy atom. The lowest BCUT2D eigenvalue weighted by Gasteiger charge is -2.17. The van der Waals surface area contributed by atoms with Gasteiger partial charge in [-0.15, -0.1) is 6.58 Å². The number of amides is 1. The van der Waals surface area contributed by atoms with Crippen molar-refractivity contribution >= 4 is 11.9 Å². The first-order chi connectivity index (χ1) is 8.54. The zero-order valence-electron chi connectivity index (χ0n) is 10.7. The molecule has 1 rings (SSSR count). The molecule has 0 bridgehead atoms. The summed E-state index contributed by atoms with van der Waals surface area (Å²) < 4.78 is 5.18. The number of rotatable bonds is 7. The summed E-state index contributed by atoms with van der Waals surface area (Å²) in [6.07, 6.45) is 4.07. The van der Waals surface area contributed by atoms with Crippen molar-refractivity contribution < 1.29 is 19.4 Å². The minimum absolute atomic E-state index is 0.0740. The van der Waals surface area contributed by atoms with E-state index in [4.69, 9.17) is 9.84 Å². The smallest absolute Gasteiger partial charge is 0.332 e. The lowest BCUT2D eigenvalue weighted by atomic mass is 10.1. The van der Waals surface area contributed by atoms with Gasteiger partial charge in [-0.05, 0) is 39.0 Å². The Morgan fingerprint density at radius 2 is 2.17 bits per heavy atom. The van der Waals surface area contributed by atoms with E-state index in [1.54, 1.807) is 0 Å². The molecule has 0 aromatic heterocycles. The molecule has 1 unspecified atom stereocenters. The number of hydrogen-bond acceptors (Lipinski definition) is 3. The van der Waals surface area contributed by atoms with Crippen LogP contribution in [0.5, 0.6) is 0 Å². The quantitative estimate of drug-likeness (QED) is 0.533. The Kier molecular flexibility index (Phi) is 5.85. The van der Waals surface area contributed by atoms with E-state index in [9.17, 15) is 9.59 Å². The maximum absolute atomic E-state index is 11.8. The molecule has 0 spiro atoms. The molecule has 1 aliphatic rings. The number of unbranched alkanes of at least 4 members (excludes halogenated alkanes) is 1. The lowest BCUT2D eigenvalue weighted by Crippen LogP contribution is -2.40. The van der Waals surface area contributed by atoms with Crippen LogP contribution in [-0.2, 0) is 14.3 Å². The van der Waals surface area contributed by atoms with Crippen LogP contribution in [0.15, 0.2) is 12.7 Å². The number of nitrogens with one attached hydrogen (secondary N) is 1. The monoisotopic (exact) mass is 255 g/mol. The molecule has 5 heteroatoms. The highest BCUT2D eigenvalue weighted by atomic mass is 16.5. The molecule has 1 saturated heterocycles. The maximum Gasteiger partial charge on any atom is 0.332 e. The van der Waals surface area contributed by atoms with Crippen LogP contribution in [0.4, 0.5) is 0 Å². The minimum Gasteiger partial charge on any atom is -0.479 e. The molecule has 1 heterocycles. The van der Waals surface area contributed by atoms with Crippen LogP contribution in [0.25, 0.3) is 0 Å². The molecule has 18 heavy (non-hydrogen) atoms. The first-order valence-electron chi connectivity index (χ1n) is 6.34. The Bertz CT molecular complexity index is 316. The molecule has 0 aromatic rings. The molecule has 2 N–H and O–H groups in total. The first kappa shape index (κ1) is 14.7. The third-order valence-electron chi connectivity index (χ3n) is 3.02. The summed E-state index contributed by atoms with van der Waals surface area (Å²) in [4.78, 5) is 22.5. The normalized spacial score (nSPS) is 24.5. The summed E-state index contributed by atoms with van der Waals surface area (Å²) in [6, 6.07) is 0.0740. The predicted molar refractivity (Wildman–Crippen MR) is 67.2 cm³/mol. The second-order valence-corrected chi connectivity index (χ2v) is 4.66. The van der Waals surface area contributed by atoms with E-state index in [1.807, 2.05) is 13.0 Å². The van der Waals surface area contributed by atoms with Gasteiger partial charge in [0.1, 0.15) is 6.10 Å². The number of carboxylic acids is 1. The second-order valence-electron chi connectivity index (χ2n) is 4.66. The van der Waals surface area contributed by atoms with Gasteiger partial charge in [0.15, 0.2) is 6.10 Å². The number of aliphatic carboxylic acids is 1. The van der Waals surface area contributed by atoms with Crippen molar-refractivity contribution in [2.75, 3.05) is 0 Å². The number of hydrogen-bond donors (Lipinski definition) is 2. The van der Waals surface area contributed by atoms with E-state index in [2.05, 4.69) is 11.9 Å². The van der Waals surface area contributed by atoms with Gasteiger partial charge in [0.25, 0.3) is 0 Å². The highest BCUT2D eigenvalue weighted by molar-refractivity contribution is 5.82. The second kappa shape index (κ2) is 7.16. The van der Waals surface area contributed by atoms with Crippen LogP contribution in [0.2, 0.25) is 0 Å². The number of carboxylic acid groups (broad SMARTS) is 1. The summed E-state index contributed by atoms with van der Waals surface area (Å²) >= 11 is 0. The van der Waals surface area contributed by atoms with Gasteiger partial charge in [-0.2, -0.15) is 0 Å². The SMILES string of the molecule is C=CCCCC(C)NC(=O)[C@@H]1CC[C@H](C(=O)O)O1. The highest BCUT2D eigenvalue weighted by Gasteiger charge is 2.34. The summed E-state index contributed by atoms with van der Waals surface area (Å²) in [5.41, 5.74) is 0. The summed E-state index contributed by atoms with van der Waals surface area (Å²) in [7, 11) is 0. The van der Waals surface area contributed by atoms with Crippen molar-refractivity contribution in [2.24, 2.45) is 0 Å². The molecule has 3 atom stereocenters. The third-order valence-corrected chi connectivity index (χ3v) is 3.02.